The summed E-state index contributed by atoms with van der Waals surface area (Å²) >= 11 is 0. The van der Waals surface area contributed by atoms with Crippen molar-refractivity contribution in [3.8, 4) is 5.88 Å². The Morgan fingerprint density at radius 3 is 3.00 bits per heavy atom. The third-order valence-electron chi connectivity index (χ3n) is 3.54. The molecule has 0 aromatic carbocycles. The van der Waals surface area contributed by atoms with Gasteiger partial charge in [0.25, 0.3) is 0 Å². The molecule has 1 heterocycles. The number of hydrogen-bond acceptors (Lipinski definition) is 3. The van der Waals surface area contributed by atoms with Crippen LogP contribution in [0.3, 0.4) is 0 Å². The van der Waals surface area contributed by atoms with Crippen LogP contribution in [0.25, 0.3) is 0 Å². The number of nitrogens with one attached hydrogen (secondary N) is 1. The zero-order valence-electron chi connectivity index (χ0n) is 10.6. The normalized spacial score (nSPS) is 16.3. The predicted molar refractivity (Wildman–Crippen MR) is 69.1 cm³/mol. The maximum Gasteiger partial charge on any atom is 0.213 e. The van der Waals surface area contributed by atoms with Gasteiger partial charge in [-0.05, 0) is 30.5 Å². The van der Waals surface area contributed by atoms with Crippen LogP contribution in [0.1, 0.15) is 37.7 Å². The molecule has 3 nitrogen and oxygen atoms in total. The van der Waals surface area contributed by atoms with Crippen LogP contribution in [0.4, 0.5) is 0 Å². The molecule has 1 fully saturated rings. The zero-order valence-corrected chi connectivity index (χ0v) is 10.6. The molecule has 0 spiro atoms. The van der Waals surface area contributed by atoms with Crippen molar-refractivity contribution < 1.29 is 4.74 Å². The predicted octanol–water partition coefficient (Wildman–Crippen LogP) is 2.76. The Balaban J connectivity index is 1.66. The van der Waals surface area contributed by atoms with E-state index in [0.717, 1.165) is 19.0 Å². The first-order chi connectivity index (χ1) is 8.38. The molecular weight excluding hydrogens is 212 g/mol. The van der Waals surface area contributed by atoms with Crippen LogP contribution in [-0.4, -0.2) is 18.6 Å². The first kappa shape index (κ1) is 12.4. The third-order valence-corrected chi connectivity index (χ3v) is 3.54. The Labute approximate surface area is 104 Å². The molecule has 1 N–H and O–H groups in total. The number of pyridine rings is 1. The van der Waals surface area contributed by atoms with Gasteiger partial charge in [-0.3, -0.25) is 0 Å². The Kier molecular flexibility index (Phi) is 4.80. The van der Waals surface area contributed by atoms with E-state index in [2.05, 4.69) is 10.3 Å². The summed E-state index contributed by atoms with van der Waals surface area (Å²) in [7, 11) is 1.65. The van der Waals surface area contributed by atoms with Gasteiger partial charge in [0.05, 0.1) is 7.11 Å². The Morgan fingerprint density at radius 2 is 2.24 bits per heavy atom. The topological polar surface area (TPSA) is 34.1 Å². The van der Waals surface area contributed by atoms with Gasteiger partial charge in [-0.1, -0.05) is 25.7 Å². The molecule has 1 aromatic heterocycles. The van der Waals surface area contributed by atoms with Crippen molar-refractivity contribution in [2.24, 2.45) is 5.92 Å². The fourth-order valence-electron chi connectivity index (χ4n) is 2.51. The van der Waals surface area contributed by atoms with E-state index in [1.54, 1.807) is 13.3 Å². The van der Waals surface area contributed by atoms with Crippen LogP contribution >= 0.6 is 0 Å². The molecule has 1 aromatic rings. The standard InChI is InChI=1S/C14H22N2O/c1-17-14-10-13(7-9-16-14)11-15-8-6-12-4-2-3-5-12/h7,9-10,12,15H,2-6,8,11H2,1H3. The highest BCUT2D eigenvalue weighted by Crippen LogP contribution is 2.26. The van der Waals surface area contributed by atoms with E-state index in [0.29, 0.717) is 5.88 Å². The number of methoxy groups -OCH3 is 1. The lowest BCUT2D eigenvalue weighted by Crippen LogP contribution is -2.17. The average Bonchev–Trinajstić information content (AvgIpc) is 2.88. The van der Waals surface area contributed by atoms with Crippen LogP contribution in [0.15, 0.2) is 18.3 Å². The molecule has 0 aliphatic heterocycles. The van der Waals surface area contributed by atoms with Crippen LogP contribution < -0.4 is 10.1 Å². The quantitative estimate of drug-likeness (QED) is 0.768. The van der Waals surface area contributed by atoms with Crippen molar-refractivity contribution in [3.05, 3.63) is 23.9 Å². The van der Waals surface area contributed by atoms with Crippen molar-refractivity contribution in [2.45, 2.75) is 38.6 Å². The van der Waals surface area contributed by atoms with E-state index in [9.17, 15) is 0 Å². The molecular formula is C14H22N2O. The molecule has 1 aliphatic carbocycles. The summed E-state index contributed by atoms with van der Waals surface area (Å²) in [4.78, 5) is 4.10. The zero-order chi connectivity index (χ0) is 11.9. The molecule has 3 heteroatoms. The molecule has 0 radical (unpaired) electrons. The molecule has 0 saturated heterocycles. The molecule has 0 amide bonds. The minimum Gasteiger partial charge on any atom is -0.481 e. The molecule has 2 rings (SSSR count). The second kappa shape index (κ2) is 6.60. The second-order valence-electron chi connectivity index (χ2n) is 4.82. The minimum absolute atomic E-state index is 0.695. The summed E-state index contributed by atoms with van der Waals surface area (Å²) in [5.41, 5.74) is 1.24. The van der Waals surface area contributed by atoms with Gasteiger partial charge in [0, 0.05) is 18.8 Å². The molecule has 17 heavy (non-hydrogen) atoms. The van der Waals surface area contributed by atoms with Gasteiger partial charge in [-0.2, -0.15) is 0 Å². The van der Waals surface area contributed by atoms with E-state index in [-0.39, 0.29) is 0 Å². The minimum atomic E-state index is 0.695. The monoisotopic (exact) mass is 234 g/mol. The smallest absolute Gasteiger partial charge is 0.213 e. The molecule has 0 unspecified atom stereocenters. The van der Waals surface area contributed by atoms with Gasteiger partial charge in [-0.25, -0.2) is 4.98 Å². The van der Waals surface area contributed by atoms with Crippen LogP contribution in [-0.2, 0) is 6.54 Å². The van der Waals surface area contributed by atoms with E-state index >= 15 is 0 Å². The van der Waals surface area contributed by atoms with Crippen LogP contribution in [0.5, 0.6) is 5.88 Å². The van der Waals surface area contributed by atoms with Gasteiger partial charge in [0.15, 0.2) is 0 Å². The summed E-state index contributed by atoms with van der Waals surface area (Å²) in [6.45, 7) is 2.03. The summed E-state index contributed by atoms with van der Waals surface area (Å²) in [5, 5.41) is 3.50. The summed E-state index contributed by atoms with van der Waals surface area (Å²) in [6.07, 6.45) is 8.86. The highest BCUT2D eigenvalue weighted by atomic mass is 16.5. The highest BCUT2D eigenvalue weighted by molar-refractivity contribution is 5.20. The maximum absolute atomic E-state index is 5.10. The van der Waals surface area contributed by atoms with Gasteiger partial charge in [0.1, 0.15) is 0 Å². The van der Waals surface area contributed by atoms with E-state index in [4.69, 9.17) is 4.74 Å². The molecule has 0 atom stereocenters. The Morgan fingerprint density at radius 1 is 1.41 bits per heavy atom. The van der Waals surface area contributed by atoms with E-state index < -0.39 is 0 Å². The number of aromatic nitrogens is 1. The number of rotatable bonds is 6. The van der Waals surface area contributed by atoms with Gasteiger partial charge in [0.2, 0.25) is 5.88 Å². The first-order valence-corrected chi connectivity index (χ1v) is 6.58. The number of hydrogen-bond donors (Lipinski definition) is 1. The number of nitrogens with zero attached hydrogens (tertiary/aromatic N) is 1. The van der Waals surface area contributed by atoms with Crippen molar-refractivity contribution in [2.75, 3.05) is 13.7 Å². The average molecular weight is 234 g/mol. The second-order valence-corrected chi connectivity index (χ2v) is 4.82. The highest BCUT2D eigenvalue weighted by Gasteiger charge is 2.13. The lowest BCUT2D eigenvalue weighted by Gasteiger charge is -2.10. The van der Waals surface area contributed by atoms with Crippen molar-refractivity contribution in [1.82, 2.24) is 10.3 Å². The molecule has 1 aliphatic rings. The lowest BCUT2D eigenvalue weighted by molar-refractivity contribution is 0.397. The Bertz CT molecular complexity index is 335. The summed E-state index contributed by atoms with van der Waals surface area (Å²) in [5.74, 6) is 1.66. The van der Waals surface area contributed by atoms with Crippen LogP contribution in [0, 0.1) is 5.92 Å². The van der Waals surface area contributed by atoms with E-state index in [1.165, 1.54) is 37.7 Å². The maximum atomic E-state index is 5.10. The fourth-order valence-corrected chi connectivity index (χ4v) is 2.51. The van der Waals surface area contributed by atoms with Crippen molar-refractivity contribution in [1.29, 1.82) is 0 Å². The largest absolute Gasteiger partial charge is 0.481 e. The number of ether oxygens (including phenoxy) is 1. The van der Waals surface area contributed by atoms with Gasteiger partial charge >= 0.3 is 0 Å². The third kappa shape index (κ3) is 4.00. The van der Waals surface area contributed by atoms with Crippen LogP contribution in [0.2, 0.25) is 0 Å². The lowest BCUT2D eigenvalue weighted by atomic mass is 10.0. The van der Waals surface area contributed by atoms with E-state index in [1.807, 2.05) is 12.1 Å². The van der Waals surface area contributed by atoms with Gasteiger partial charge < -0.3 is 10.1 Å². The summed E-state index contributed by atoms with van der Waals surface area (Å²) in [6, 6.07) is 4.02. The molecule has 1 saturated carbocycles. The SMILES string of the molecule is COc1cc(CNCCC2CCCC2)ccn1. The molecule has 94 valence electrons. The van der Waals surface area contributed by atoms with Gasteiger partial charge in [-0.15, -0.1) is 0 Å². The molecule has 0 bridgehead atoms. The van der Waals surface area contributed by atoms with Crippen molar-refractivity contribution >= 4 is 0 Å². The summed E-state index contributed by atoms with van der Waals surface area (Å²) < 4.78 is 5.10. The fraction of sp³-hybridized carbons (Fsp3) is 0.643. The Hall–Kier alpha value is -1.09. The first-order valence-electron chi connectivity index (χ1n) is 6.58. The van der Waals surface area contributed by atoms with Crippen molar-refractivity contribution in [3.63, 3.8) is 0 Å².